The quantitative estimate of drug-likeness (QED) is 0.504. The van der Waals surface area contributed by atoms with Crippen LogP contribution in [0.25, 0.3) is 0 Å². The molecule has 0 unspecified atom stereocenters. The van der Waals surface area contributed by atoms with Crippen molar-refractivity contribution in [1.29, 1.82) is 0 Å². The zero-order valence-electron chi connectivity index (χ0n) is 9.76. The van der Waals surface area contributed by atoms with Crippen LogP contribution in [0.15, 0.2) is 0 Å². The summed E-state index contributed by atoms with van der Waals surface area (Å²) in [5, 5.41) is 0. The molecule has 0 heterocycles. The van der Waals surface area contributed by atoms with Gasteiger partial charge in [-0.1, -0.05) is 0 Å². The molecule has 0 N–H and O–H groups in total. The molecule has 2 heteroatoms. The van der Waals surface area contributed by atoms with Crippen LogP contribution in [-0.4, -0.2) is 0 Å². The Morgan fingerprint density at radius 2 is 0.500 bits per heavy atom. The first kappa shape index (κ1) is 14.7. The smallest absolute Gasteiger partial charge is 0 e. The lowest BCUT2D eigenvalue weighted by Gasteiger charge is -2.15. The molecule has 1 aromatic rings. The van der Waals surface area contributed by atoms with Crippen LogP contribution in [-0.2, 0) is 0 Å². The molecule has 0 aliphatic rings. The standard InChI is InChI=1S/C12H18.I2/c1-7-8(2)10(4)12(6)11(5)9(7)3;1-2/h1-6H3;. The maximum Gasteiger partial charge on any atom is 0 e. The van der Waals surface area contributed by atoms with E-state index in [1.807, 2.05) is 0 Å². The molecule has 0 atom stereocenters. The lowest BCUT2D eigenvalue weighted by molar-refractivity contribution is 1.13. The summed E-state index contributed by atoms with van der Waals surface area (Å²) in [4.78, 5) is 0. The second kappa shape index (κ2) is 6.30. The summed E-state index contributed by atoms with van der Waals surface area (Å²) in [5.74, 6) is 0. The van der Waals surface area contributed by atoms with Crippen LogP contribution in [0, 0.1) is 41.5 Å². The second-order valence-electron chi connectivity index (χ2n) is 3.75. The predicted octanol–water partition coefficient (Wildman–Crippen LogP) is 5.31. The Hall–Kier alpha value is 0.680. The lowest BCUT2D eigenvalue weighted by atomic mass is 9.90. The third kappa shape index (κ3) is 2.84. The second-order valence-corrected chi connectivity index (χ2v) is 3.75. The van der Waals surface area contributed by atoms with Crippen molar-refractivity contribution in [3.63, 3.8) is 0 Å². The van der Waals surface area contributed by atoms with Gasteiger partial charge < -0.3 is 0 Å². The lowest BCUT2D eigenvalue weighted by Crippen LogP contribution is -1.98. The first-order valence-electron chi connectivity index (χ1n) is 4.64. The van der Waals surface area contributed by atoms with Crippen LogP contribution in [0.5, 0.6) is 0 Å². The first-order chi connectivity index (χ1) is 6.46. The van der Waals surface area contributed by atoms with Crippen molar-refractivity contribution in [3.05, 3.63) is 33.4 Å². The van der Waals surface area contributed by atoms with Gasteiger partial charge in [-0.2, -0.15) is 0 Å². The average Bonchev–Trinajstić information content (AvgIpc) is 2.24. The Bertz CT molecular complexity index is 223. The topological polar surface area (TPSA) is 0 Å². The van der Waals surface area contributed by atoms with Crippen molar-refractivity contribution in [1.82, 2.24) is 0 Å². The largest absolute Gasteiger partial charge is 0.0447 e. The van der Waals surface area contributed by atoms with Gasteiger partial charge in [0.2, 0.25) is 0 Å². The summed E-state index contributed by atoms with van der Waals surface area (Å²) in [6, 6.07) is 0. The maximum atomic E-state index is 2.21. The minimum Gasteiger partial charge on any atom is -0.0447 e. The monoisotopic (exact) mass is 416 g/mol. The molecule has 1 rings (SSSR count). The summed E-state index contributed by atoms with van der Waals surface area (Å²) in [6.45, 7) is 13.3. The highest BCUT2D eigenvalue weighted by molar-refractivity contribution is 15.0. The van der Waals surface area contributed by atoms with Crippen molar-refractivity contribution < 1.29 is 0 Å². The van der Waals surface area contributed by atoms with Crippen LogP contribution < -0.4 is 0 Å². The summed E-state index contributed by atoms with van der Waals surface area (Å²) < 4.78 is 0. The molecule has 0 radical (unpaired) electrons. The minimum atomic E-state index is 1.45. The van der Waals surface area contributed by atoms with E-state index in [-0.39, 0.29) is 0 Å². The van der Waals surface area contributed by atoms with E-state index in [4.69, 9.17) is 0 Å². The van der Waals surface area contributed by atoms with E-state index < -0.39 is 0 Å². The Balaban J connectivity index is 0.000000791. The van der Waals surface area contributed by atoms with Gasteiger partial charge in [0.25, 0.3) is 0 Å². The molecule has 0 nitrogen and oxygen atoms in total. The fraction of sp³-hybridized carbons (Fsp3) is 0.500. The van der Waals surface area contributed by atoms with E-state index in [1.54, 1.807) is 0 Å². The van der Waals surface area contributed by atoms with E-state index in [1.165, 1.54) is 33.4 Å². The molecule has 0 fully saturated rings. The van der Waals surface area contributed by atoms with Crippen LogP contribution >= 0.6 is 37.2 Å². The number of halogens is 2. The van der Waals surface area contributed by atoms with Crippen molar-refractivity contribution in [2.24, 2.45) is 0 Å². The third-order valence-corrected chi connectivity index (χ3v) is 3.38. The maximum absolute atomic E-state index is 2.21. The zero-order chi connectivity index (χ0) is 11.5. The highest BCUT2D eigenvalue weighted by Gasteiger charge is 2.07. The first-order valence-corrected chi connectivity index (χ1v) is 10.9. The molecule has 14 heavy (non-hydrogen) atoms. The van der Waals surface area contributed by atoms with Gasteiger partial charge in [-0.15, -0.1) is 0 Å². The van der Waals surface area contributed by atoms with Gasteiger partial charge in [0.05, 0.1) is 0 Å². The van der Waals surface area contributed by atoms with Crippen molar-refractivity contribution in [3.8, 4) is 0 Å². The highest BCUT2D eigenvalue weighted by Crippen LogP contribution is 2.24. The number of benzene rings is 1. The van der Waals surface area contributed by atoms with Crippen LogP contribution in [0.4, 0.5) is 0 Å². The summed E-state index contributed by atoms with van der Waals surface area (Å²) in [7, 11) is 0. The van der Waals surface area contributed by atoms with Gasteiger partial charge in [-0.3, -0.25) is 0 Å². The molecule has 0 saturated carbocycles. The van der Waals surface area contributed by atoms with Gasteiger partial charge in [0, 0.05) is 37.2 Å². The van der Waals surface area contributed by atoms with Gasteiger partial charge >= 0.3 is 0 Å². The average molecular weight is 416 g/mol. The van der Waals surface area contributed by atoms with Crippen LogP contribution in [0.3, 0.4) is 0 Å². The minimum absolute atomic E-state index is 1.45. The van der Waals surface area contributed by atoms with Crippen molar-refractivity contribution >= 4 is 37.2 Å². The van der Waals surface area contributed by atoms with Gasteiger partial charge in [-0.25, -0.2) is 0 Å². The normalized spacial score (nSPS) is 9.43. The van der Waals surface area contributed by atoms with E-state index in [0.29, 0.717) is 0 Å². The SMILES string of the molecule is Cc1c(C)c(C)c(C)c(C)c1C.II. The van der Waals surface area contributed by atoms with Gasteiger partial charge in [0.1, 0.15) is 0 Å². The van der Waals surface area contributed by atoms with E-state index in [9.17, 15) is 0 Å². The number of hydrogen-bond donors (Lipinski definition) is 0. The molecule has 0 aromatic heterocycles. The van der Waals surface area contributed by atoms with Gasteiger partial charge in [0.15, 0.2) is 0 Å². The van der Waals surface area contributed by atoms with E-state index >= 15 is 0 Å². The van der Waals surface area contributed by atoms with Crippen molar-refractivity contribution in [2.45, 2.75) is 41.5 Å². The molecule has 1 aromatic carbocycles. The molecule has 0 spiro atoms. The Labute approximate surface area is 111 Å². The van der Waals surface area contributed by atoms with Crippen LogP contribution in [0.2, 0.25) is 0 Å². The highest BCUT2D eigenvalue weighted by atomic mass is 128. The van der Waals surface area contributed by atoms with Crippen LogP contribution in [0.1, 0.15) is 33.4 Å². The van der Waals surface area contributed by atoms with E-state index in [0.717, 1.165) is 0 Å². The third-order valence-electron chi connectivity index (χ3n) is 3.38. The molecule has 0 bridgehead atoms. The molecule has 80 valence electrons. The fourth-order valence-corrected chi connectivity index (χ4v) is 1.69. The number of rotatable bonds is 0. The molecule has 0 aliphatic heterocycles. The summed E-state index contributed by atoms with van der Waals surface area (Å²) >= 11 is 4.24. The molecular weight excluding hydrogens is 398 g/mol. The fourth-order valence-electron chi connectivity index (χ4n) is 1.69. The Morgan fingerprint density at radius 1 is 0.429 bits per heavy atom. The van der Waals surface area contributed by atoms with Gasteiger partial charge in [-0.05, 0) is 74.9 Å². The van der Waals surface area contributed by atoms with Crippen molar-refractivity contribution in [2.75, 3.05) is 0 Å². The number of hydrogen-bond acceptors (Lipinski definition) is 0. The molecular formula is C12H18I2. The Morgan fingerprint density at radius 3 is 0.571 bits per heavy atom. The molecule has 0 aliphatic carbocycles. The molecule has 0 saturated heterocycles. The van der Waals surface area contributed by atoms with E-state index in [2.05, 4.69) is 78.8 Å². The summed E-state index contributed by atoms with van der Waals surface area (Å²) in [5.41, 5.74) is 8.73. The zero-order valence-corrected chi connectivity index (χ0v) is 14.1. The summed E-state index contributed by atoms with van der Waals surface area (Å²) in [6.07, 6.45) is 0. The molecule has 0 amide bonds. The Kier molecular flexibility index (Phi) is 6.61. The predicted molar refractivity (Wildman–Crippen MR) is 82.9 cm³/mol.